The molecule has 0 aliphatic carbocycles. The maximum absolute atomic E-state index is 4.76. The Morgan fingerprint density at radius 2 is 0.906 bits per heavy atom. The van der Waals surface area contributed by atoms with Crippen LogP contribution in [0.2, 0.25) is 0 Å². The van der Waals surface area contributed by atoms with Crippen molar-refractivity contribution in [1.82, 2.24) is 4.98 Å². The topological polar surface area (TPSA) is 19.4 Å². The third-order valence-corrected chi connectivity index (χ3v) is 5.73. The van der Waals surface area contributed by atoms with Crippen molar-refractivity contribution in [1.29, 1.82) is 0 Å². The lowest BCUT2D eigenvalue weighted by Gasteiger charge is -2.20. The molecular weight excluding hydrogens is 390 g/mol. The summed E-state index contributed by atoms with van der Waals surface area (Å²) < 4.78 is 0. The Kier molecular flexibility index (Phi) is 8.68. The van der Waals surface area contributed by atoms with Crippen LogP contribution in [0.1, 0.15) is 50.2 Å². The SMILES string of the molecule is CCN(CC)c1ccc(C=Cc2cccc(C=Cc3ccc(N(CC)CC)cc3)n2)cc1. The predicted molar refractivity (Wildman–Crippen MR) is 142 cm³/mol. The molecule has 3 nitrogen and oxygen atoms in total. The van der Waals surface area contributed by atoms with Crippen LogP contribution in [-0.4, -0.2) is 31.2 Å². The van der Waals surface area contributed by atoms with Gasteiger partial charge in [-0.2, -0.15) is 0 Å². The zero-order valence-electron chi connectivity index (χ0n) is 19.8. The monoisotopic (exact) mass is 425 g/mol. The Morgan fingerprint density at radius 3 is 1.25 bits per heavy atom. The lowest BCUT2D eigenvalue weighted by Crippen LogP contribution is -2.21. The van der Waals surface area contributed by atoms with Gasteiger partial charge in [0.15, 0.2) is 0 Å². The second-order valence-corrected chi connectivity index (χ2v) is 7.68. The molecule has 0 amide bonds. The van der Waals surface area contributed by atoms with Crippen LogP contribution in [0.25, 0.3) is 24.3 Å². The maximum Gasteiger partial charge on any atom is 0.0637 e. The average Bonchev–Trinajstić information content (AvgIpc) is 2.85. The summed E-state index contributed by atoms with van der Waals surface area (Å²) in [4.78, 5) is 9.46. The van der Waals surface area contributed by atoms with E-state index in [1.54, 1.807) is 0 Å². The van der Waals surface area contributed by atoms with Crippen LogP contribution in [0.4, 0.5) is 11.4 Å². The van der Waals surface area contributed by atoms with Crippen LogP contribution < -0.4 is 9.80 Å². The summed E-state index contributed by atoms with van der Waals surface area (Å²) in [5.41, 5.74) is 6.80. The van der Waals surface area contributed by atoms with E-state index in [2.05, 4.69) is 116 Å². The number of rotatable bonds is 10. The molecule has 0 spiro atoms. The highest BCUT2D eigenvalue weighted by atomic mass is 15.1. The fourth-order valence-electron chi connectivity index (χ4n) is 3.79. The third kappa shape index (κ3) is 6.34. The number of nitrogens with zero attached hydrogens (tertiary/aromatic N) is 3. The third-order valence-electron chi connectivity index (χ3n) is 5.73. The van der Waals surface area contributed by atoms with Gasteiger partial charge >= 0.3 is 0 Å². The van der Waals surface area contributed by atoms with Gasteiger partial charge in [-0.1, -0.05) is 42.5 Å². The molecule has 0 aliphatic rings. The molecule has 0 N–H and O–H groups in total. The van der Waals surface area contributed by atoms with Crippen molar-refractivity contribution < 1.29 is 0 Å². The first-order chi connectivity index (χ1) is 15.7. The highest BCUT2D eigenvalue weighted by molar-refractivity contribution is 5.72. The van der Waals surface area contributed by atoms with Crippen LogP contribution in [0.3, 0.4) is 0 Å². The smallest absolute Gasteiger partial charge is 0.0637 e. The van der Waals surface area contributed by atoms with E-state index in [4.69, 9.17) is 4.98 Å². The van der Waals surface area contributed by atoms with Crippen molar-refractivity contribution in [2.24, 2.45) is 0 Å². The number of anilines is 2. The van der Waals surface area contributed by atoms with Crippen molar-refractivity contribution in [3.63, 3.8) is 0 Å². The summed E-state index contributed by atoms with van der Waals surface area (Å²) in [6.45, 7) is 12.8. The van der Waals surface area contributed by atoms with Crippen molar-refractivity contribution in [3.8, 4) is 0 Å². The molecule has 0 aliphatic heterocycles. The minimum absolute atomic E-state index is 0.955. The molecule has 3 rings (SSSR count). The average molecular weight is 426 g/mol. The van der Waals surface area contributed by atoms with E-state index in [1.807, 2.05) is 12.1 Å². The summed E-state index contributed by atoms with van der Waals surface area (Å²) in [5, 5.41) is 0. The Bertz CT molecular complexity index is 928. The van der Waals surface area contributed by atoms with Crippen molar-refractivity contribution in [2.75, 3.05) is 36.0 Å². The lowest BCUT2D eigenvalue weighted by molar-refractivity contribution is 0.866. The summed E-state index contributed by atoms with van der Waals surface area (Å²) in [6, 6.07) is 23.5. The van der Waals surface area contributed by atoms with Crippen molar-refractivity contribution >= 4 is 35.7 Å². The Labute approximate surface area is 193 Å². The number of hydrogen-bond donors (Lipinski definition) is 0. The van der Waals surface area contributed by atoms with E-state index in [0.29, 0.717) is 0 Å². The number of pyridine rings is 1. The lowest BCUT2D eigenvalue weighted by atomic mass is 10.1. The molecule has 0 saturated heterocycles. The largest absolute Gasteiger partial charge is 0.372 e. The second-order valence-electron chi connectivity index (χ2n) is 7.68. The predicted octanol–water partition coefficient (Wildman–Crippen LogP) is 7.11. The molecule has 0 saturated carbocycles. The minimum atomic E-state index is 0.955. The maximum atomic E-state index is 4.76. The molecule has 1 aromatic heterocycles. The molecule has 3 heteroatoms. The van der Waals surface area contributed by atoms with E-state index in [9.17, 15) is 0 Å². The van der Waals surface area contributed by atoms with Gasteiger partial charge in [0.2, 0.25) is 0 Å². The van der Waals surface area contributed by atoms with Gasteiger partial charge in [0.25, 0.3) is 0 Å². The Hall–Kier alpha value is -3.33. The van der Waals surface area contributed by atoms with Gasteiger partial charge in [-0.05, 0) is 87.4 Å². The van der Waals surface area contributed by atoms with Gasteiger partial charge in [0.1, 0.15) is 0 Å². The normalized spacial score (nSPS) is 11.4. The quantitative estimate of drug-likeness (QED) is 0.345. The zero-order valence-corrected chi connectivity index (χ0v) is 19.8. The van der Waals surface area contributed by atoms with E-state index < -0.39 is 0 Å². The zero-order chi connectivity index (χ0) is 22.8. The summed E-state index contributed by atoms with van der Waals surface area (Å²) in [6.07, 6.45) is 8.38. The highest BCUT2D eigenvalue weighted by Crippen LogP contribution is 2.18. The van der Waals surface area contributed by atoms with Crippen LogP contribution in [0.15, 0.2) is 66.7 Å². The first-order valence-electron chi connectivity index (χ1n) is 11.7. The first kappa shape index (κ1) is 23.3. The molecule has 0 atom stereocenters. The Morgan fingerprint density at radius 1 is 0.531 bits per heavy atom. The fraction of sp³-hybridized carbons (Fsp3) is 0.276. The minimum Gasteiger partial charge on any atom is -0.372 e. The standard InChI is InChI=1S/C29H35N3/c1-5-31(6-2)28-20-14-24(15-21-28)12-18-26-10-9-11-27(30-26)19-13-25-16-22-29(23-17-25)32(7-3)8-4/h9-23H,5-8H2,1-4H3. The molecule has 0 bridgehead atoms. The van der Waals surface area contributed by atoms with Gasteiger partial charge in [0.05, 0.1) is 11.4 Å². The molecule has 166 valence electrons. The number of benzene rings is 2. The first-order valence-corrected chi connectivity index (χ1v) is 11.7. The van der Waals surface area contributed by atoms with Crippen LogP contribution in [0.5, 0.6) is 0 Å². The molecule has 0 radical (unpaired) electrons. The Balaban J connectivity index is 1.66. The molecule has 1 heterocycles. The molecule has 0 fully saturated rings. The molecular formula is C29H35N3. The highest BCUT2D eigenvalue weighted by Gasteiger charge is 2.01. The van der Waals surface area contributed by atoms with E-state index in [-0.39, 0.29) is 0 Å². The van der Waals surface area contributed by atoms with Crippen LogP contribution >= 0.6 is 0 Å². The fourth-order valence-corrected chi connectivity index (χ4v) is 3.79. The summed E-state index contributed by atoms with van der Waals surface area (Å²) in [5.74, 6) is 0. The van der Waals surface area contributed by atoms with E-state index in [0.717, 1.165) is 37.6 Å². The van der Waals surface area contributed by atoms with Crippen LogP contribution in [0, 0.1) is 0 Å². The van der Waals surface area contributed by atoms with Gasteiger partial charge in [0, 0.05) is 37.6 Å². The van der Waals surface area contributed by atoms with Crippen molar-refractivity contribution in [3.05, 3.63) is 89.2 Å². The molecule has 0 unspecified atom stereocenters. The van der Waals surface area contributed by atoms with Gasteiger partial charge in [-0.15, -0.1) is 0 Å². The van der Waals surface area contributed by atoms with Gasteiger partial charge < -0.3 is 9.80 Å². The molecule has 3 aromatic rings. The van der Waals surface area contributed by atoms with E-state index in [1.165, 1.54) is 22.5 Å². The number of hydrogen-bond acceptors (Lipinski definition) is 3. The molecule has 2 aromatic carbocycles. The van der Waals surface area contributed by atoms with Gasteiger partial charge in [-0.25, -0.2) is 4.98 Å². The second kappa shape index (κ2) is 11.9. The summed E-state index contributed by atoms with van der Waals surface area (Å²) >= 11 is 0. The molecule has 32 heavy (non-hydrogen) atoms. The van der Waals surface area contributed by atoms with Crippen LogP contribution in [-0.2, 0) is 0 Å². The number of aromatic nitrogens is 1. The summed E-state index contributed by atoms with van der Waals surface area (Å²) in [7, 11) is 0. The van der Waals surface area contributed by atoms with Crippen molar-refractivity contribution in [2.45, 2.75) is 27.7 Å². The van der Waals surface area contributed by atoms with E-state index >= 15 is 0 Å². The van der Waals surface area contributed by atoms with Gasteiger partial charge in [-0.3, -0.25) is 0 Å².